The van der Waals surface area contributed by atoms with Crippen molar-refractivity contribution >= 4 is 18.8 Å². The number of halogens is 1. The maximum absolute atomic E-state index is 14.6. The topological polar surface area (TPSA) is 110 Å². The molecule has 2 N–H and O–H groups in total. The van der Waals surface area contributed by atoms with Gasteiger partial charge >= 0.3 is 7.60 Å². The van der Waals surface area contributed by atoms with Crippen molar-refractivity contribution in [2.45, 2.75) is 32.7 Å². The second-order valence-electron chi connectivity index (χ2n) is 5.29. The number of hydrogen-bond acceptors (Lipinski definition) is 5. The van der Waals surface area contributed by atoms with Crippen LogP contribution >= 0.6 is 7.60 Å². The van der Waals surface area contributed by atoms with Gasteiger partial charge in [0, 0.05) is 61.8 Å². The Bertz CT molecular complexity index is 791. The summed E-state index contributed by atoms with van der Waals surface area (Å²) in [6.07, 6.45) is 2.92. The fourth-order valence-electron chi connectivity index (χ4n) is 2.04. The molecule has 8 nitrogen and oxygen atoms in total. The first kappa shape index (κ1) is 21.5. The largest absolute Gasteiger partial charge is 0.369 e. The quantitative estimate of drug-likeness (QED) is 0.408. The molecule has 0 amide bonds. The zero-order valence-electron chi connectivity index (χ0n) is 13.5. The summed E-state index contributed by atoms with van der Waals surface area (Å²) in [6.45, 7) is 8.11. The van der Waals surface area contributed by atoms with Crippen molar-refractivity contribution in [3.8, 4) is 0 Å². The fraction of sp³-hybridized carbons (Fsp3) is 0.462. The van der Waals surface area contributed by atoms with E-state index in [0.29, 0.717) is 16.9 Å². The molecule has 0 aliphatic heterocycles. The molecule has 0 aliphatic carbocycles. The van der Waals surface area contributed by atoms with Gasteiger partial charge < -0.3 is 29.1 Å². The Labute approximate surface area is 163 Å². The Morgan fingerprint density at radius 1 is 1.58 bits per heavy atom. The maximum Gasteiger partial charge on any atom is 0.351 e. The van der Waals surface area contributed by atoms with E-state index in [-0.39, 0.29) is 38.3 Å². The van der Waals surface area contributed by atoms with Crippen LogP contribution in [0, 0.1) is 13.3 Å². The third kappa shape index (κ3) is 4.74. The second kappa shape index (κ2) is 7.76. The molecule has 0 saturated heterocycles. The van der Waals surface area contributed by atoms with Crippen molar-refractivity contribution in [2.75, 3.05) is 6.35 Å². The molecule has 0 aliphatic rings. The Balaban J connectivity index is 0.00000288. The number of rotatable bonds is 6. The summed E-state index contributed by atoms with van der Waals surface area (Å²) in [7, 11) is -4.49. The second-order valence-corrected chi connectivity index (χ2v) is 6.88. The number of alkyl halides is 1. The zero-order valence-corrected chi connectivity index (χ0v) is 17.2. The Morgan fingerprint density at radius 3 is 2.79 bits per heavy atom. The molecule has 129 valence electrons. The predicted molar refractivity (Wildman–Crippen MR) is 80.3 cm³/mol. The summed E-state index contributed by atoms with van der Waals surface area (Å²) in [5.74, 6) is -2.43. The molecule has 0 aromatic carbocycles. The molecule has 0 saturated carbocycles. The molecular formula is C13H17FN4O4PY-. The monoisotopic (exact) mass is 432 g/mol. The minimum atomic E-state index is -4.49. The van der Waals surface area contributed by atoms with Crippen LogP contribution in [0.5, 0.6) is 0 Å². The summed E-state index contributed by atoms with van der Waals surface area (Å²) < 4.78 is 31.7. The van der Waals surface area contributed by atoms with Gasteiger partial charge in [-0.25, -0.2) is 4.39 Å². The summed E-state index contributed by atoms with van der Waals surface area (Å²) in [5, 5.41) is 0. The first-order valence-electron chi connectivity index (χ1n) is 6.67. The van der Waals surface area contributed by atoms with Gasteiger partial charge in [-0.15, -0.1) is 0 Å². The van der Waals surface area contributed by atoms with Gasteiger partial charge in [-0.2, -0.15) is 0 Å². The van der Waals surface area contributed by atoms with Crippen molar-refractivity contribution in [1.82, 2.24) is 19.5 Å². The van der Waals surface area contributed by atoms with E-state index in [0.717, 1.165) is 6.92 Å². The summed E-state index contributed by atoms with van der Waals surface area (Å²) in [5.41, 5.74) is 1.62. The van der Waals surface area contributed by atoms with Gasteiger partial charge in [-0.05, 0) is 19.5 Å². The Hall–Kier alpha value is -0.566. The molecule has 2 aromatic heterocycles. The van der Waals surface area contributed by atoms with Gasteiger partial charge in [-0.3, -0.25) is 9.55 Å². The Morgan fingerprint density at radius 2 is 2.21 bits per heavy atom. The van der Waals surface area contributed by atoms with E-state index >= 15 is 0 Å². The number of aromatic nitrogens is 4. The van der Waals surface area contributed by atoms with E-state index in [4.69, 9.17) is 14.5 Å². The van der Waals surface area contributed by atoms with Gasteiger partial charge in [0.2, 0.25) is 5.85 Å². The van der Waals surface area contributed by atoms with Crippen LogP contribution in [0.25, 0.3) is 11.2 Å². The van der Waals surface area contributed by atoms with Gasteiger partial charge in [-0.1, -0.05) is 13.5 Å². The van der Waals surface area contributed by atoms with E-state index in [2.05, 4.69) is 27.9 Å². The molecule has 0 unspecified atom stereocenters. The number of aryl methyl sites for hydroxylation is 1. The van der Waals surface area contributed by atoms with Crippen molar-refractivity contribution in [2.24, 2.45) is 0 Å². The summed E-state index contributed by atoms with van der Waals surface area (Å²) >= 11 is 0. The fourth-order valence-corrected chi connectivity index (χ4v) is 2.45. The molecule has 2 rings (SSSR count). The van der Waals surface area contributed by atoms with Crippen LogP contribution in [0.1, 0.15) is 25.6 Å². The number of imidazole rings is 1. The van der Waals surface area contributed by atoms with Crippen LogP contribution in [-0.4, -0.2) is 41.5 Å². The van der Waals surface area contributed by atoms with Crippen molar-refractivity contribution in [1.29, 1.82) is 0 Å². The molecule has 24 heavy (non-hydrogen) atoms. The molecular weight excluding hydrogens is 415 g/mol. The van der Waals surface area contributed by atoms with Crippen LogP contribution in [0.3, 0.4) is 0 Å². The van der Waals surface area contributed by atoms with Crippen molar-refractivity contribution in [3.05, 3.63) is 30.5 Å². The third-order valence-electron chi connectivity index (χ3n) is 3.48. The van der Waals surface area contributed by atoms with Crippen LogP contribution < -0.4 is 0 Å². The van der Waals surface area contributed by atoms with Crippen molar-refractivity contribution < 1.29 is 56.2 Å². The van der Waals surface area contributed by atoms with Crippen LogP contribution in [0.2, 0.25) is 0 Å². The molecule has 2 aromatic rings. The molecule has 11 heteroatoms. The summed E-state index contributed by atoms with van der Waals surface area (Å²) in [6, 6.07) is -0.616. The number of hydrogen-bond donors (Lipinski definition) is 2. The van der Waals surface area contributed by atoms with Crippen LogP contribution in [0.15, 0.2) is 18.5 Å². The minimum Gasteiger partial charge on any atom is -0.369 e. The Kier molecular flexibility index (Phi) is 6.95. The van der Waals surface area contributed by atoms with Gasteiger partial charge in [0.1, 0.15) is 0 Å². The average Bonchev–Trinajstić information content (AvgIpc) is 2.88. The standard InChI is InChI=1S/C13H17FN4O4P.Y/c1-8(13(4,14)22-7-23(19,20)21)10(3)18-6-17-11-9(2)15-5-16-12(11)18;/h6,10H,1,7H2,2-4H3,(H2,19,20,21);/q-1;/t10-,13+;/m0./s1. The average molecular weight is 432 g/mol. The zero-order chi connectivity index (χ0) is 17.4. The van der Waals surface area contributed by atoms with Gasteiger partial charge in [0.25, 0.3) is 0 Å². The number of ether oxygens (including phenoxy) is 1. The first-order valence-corrected chi connectivity index (χ1v) is 8.46. The first-order chi connectivity index (χ1) is 10.5. The van der Waals surface area contributed by atoms with Gasteiger partial charge in [0.05, 0.1) is 6.33 Å². The van der Waals surface area contributed by atoms with E-state index < -0.39 is 25.8 Å². The van der Waals surface area contributed by atoms with E-state index in [9.17, 15) is 8.96 Å². The van der Waals surface area contributed by atoms with E-state index in [1.54, 1.807) is 18.4 Å². The molecule has 2 atom stereocenters. The predicted octanol–water partition coefficient (Wildman–Crippen LogP) is 1.89. The third-order valence-corrected chi connectivity index (χ3v) is 3.95. The van der Waals surface area contributed by atoms with Crippen LogP contribution in [-0.2, 0) is 42.0 Å². The maximum atomic E-state index is 14.6. The molecule has 0 bridgehead atoms. The number of nitrogens with zero attached hydrogens (tertiary/aromatic N) is 4. The molecule has 1 radical (unpaired) electrons. The smallest absolute Gasteiger partial charge is 0.351 e. The van der Waals surface area contributed by atoms with Crippen molar-refractivity contribution in [3.63, 3.8) is 0 Å². The molecule has 0 spiro atoms. The SMILES string of the molecule is C=C([C@H](C)n1cnc2c(C)n[c-]nc21)[C@](C)(F)OCP(=O)(O)O.[Y]. The summed E-state index contributed by atoms with van der Waals surface area (Å²) in [4.78, 5) is 29.7. The van der Waals surface area contributed by atoms with E-state index in [1.165, 1.54) is 6.33 Å². The van der Waals surface area contributed by atoms with E-state index in [1.807, 2.05) is 0 Å². The number of fused-ring (bicyclic) bond motifs is 1. The molecule has 2 heterocycles. The minimum absolute atomic E-state index is 0. The normalized spacial score (nSPS) is 15.6. The van der Waals surface area contributed by atoms with Crippen LogP contribution in [0.4, 0.5) is 4.39 Å². The van der Waals surface area contributed by atoms with Gasteiger partial charge in [0.15, 0.2) is 6.35 Å². The molecule has 0 fully saturated rings.